The van der Waals surface area contributed by atoms with Crippen molar-refractivity contribution >= 4 is 22.0 Å². The number of hydrogen-bond acceptors (Lipinski definition) is 0. The number of rotatable bonds is 3. The molecule has 0 nitrogen and oxygen atoms in total. The van der Waals surface area contributed by atoms with Crippen molar-refractivity contribution in [2.45, 2.75) is 39.8 Å². The van der Waals surface area contributed by atoms with E-state index in [1.165, 1.54) is 12.2 Å². The summed E-state index contributed by atoms with van der Waals surface area (Å²) in [4.78, 5) is 0. The Kier molecular flexibility index (Phi) is 5.59. The Morgan fingerprint density at radius 3 is 2.00 bits per heavy atom. The summed E-state index contributed by atoms with van der Waals surface area (Å²) in [6, 6.07) is 8.79. The van der Waals surface area contributed by atoms with Crippen molar-refractivity contribution in [2.75, 3.05) is 0 Å². The average molecular weight is 397 g/mol. The van der Waals surface area contributed by atoms with Crippen LogP contribution in [0.15, 0.2) is 40.9 Å². The van der Waals surface area contributed by atoms with Gasteiger partial charge in [0.05, 0.1) is 5.92 Å². The van der Waals surface area contributed by atoms with Crippen LogP contribution in [0.4, 0.5) is 13.2 Å². The van der Waals surface area contributed by atoms with Crippen LogP contribution in [0, 0.1) is 27.7 Å². The third kappa shape index (κ3) is 4.29. The number of hydrogen-bond donors (Lipinski definition) is 0. The Bertz CT molecular complexity index is 750. The molecule has 0 N–H and O–H groups in total. The van der Waals surface area contributed by atoms with Gasteiger partial charge in [0.15, 0.2) is 0 Å². The molecule has 4 heteroatoms. The van der Waals surface area contributed by atoms with Crippen molar-refractivity contribution in [1.29, 1.82) is 0 Å². The molecule has 0 amide bonds. The fraction of sp³-hybridized carbons (Fsp3) is 0.300. The van der Waals surface area contributed by atoms with E-state index in [0.717, 1.165) is 32.3 Å². The molecule has 0 aliphatic rings. The quantitative estimate of drug-likeness (QED) is 0.521. The molecule has 0 heterocycles. The molecule has 2 aromatic carbocycles. The summed E-state index contributed by atoms with van der Waals surface area (Å²) in [6.07, 6.45) is -1.56. The van der Waals surface area contributed by atoms with Crippen LogP contribution in [-0.4, -0.2) is 6.18 Å². The first kappa shape index (κ1) is 18.8. The Morgan fingerprint density at radius 1 is 0.917 bits per heavy atom. The second-order valence-corrected chi connectivity index (χ2v) is 7.02. The molecule has 0 aliphatic carbocycles. The SMILES string of the molecule is Cc1ccc(/C=C/C(c2cc(C)c(C)c(C)c2)C(F)(F)F)cc1Br. The zero-order valence-electron chi connectivity index (χ0n) is 14.1. The van der Waals surface area contributed by atoms with Crippen molar-refractivity contribution < 1.29 is 13.2 Å². The van der Waals surface area contributed by atoms with Crippen molar-refractivity contribution in [3.8, 4) is 0 Å². The van der Waals surface area contributed by atoms with Crippen LogP contribution in [0.25, 0.3) is 6.08 Å². The molecule has 0 fully saturated rings. The van der Waals surface area contributed by atoms with E-state index in [9.17, 15) is 13.2 Å². The van der Waals surface area contributed by atoms with E-state index >= 15 is 0 Å². The number of benzene rings is 2. The molecule has 0 aliphatic heterocycles. The van der Waals surface area contributed by atoms with E-state index in [0.29, 0.717) is 0 Å². The molecular formula is C20H20BrF3. The summed E-state index contributed by atoms with van der Waals surface area (Å²) in [7, 11) is 0. The van der Waals surface area contributed by atoms with Crippen LogP contribution < -0.4 is 0 Å². The van der Waals surface area contributed by atoms with Gasteiger partial charge in [-0.15, -0.1) is 0 Å². The minimum Gasteiger partial charge on any atom is -0.170 e. The average Bonchev–Trinajstić information content (AvgIpc) is 2.47. The van der Waals surface area contributed by atoms with E-state index in [4.69, 9.17) is 0 Å². The number of alkyl halides is 3. The van der Waals surface area contributed by atoms with Gasteiger partial charge in [-0.2, -0.15) is 13.2 Å². The molecule has 128 valence electrons. The molecule has 0 saturated carbocycles. The lowest BCUT2D eigenvalue weighted by molar-refractivity contribution is -0.139. The third-order valence-electron chi connectivity index (χ3n) is 4.34. The largest absolute Gasteiger partial charge is 0.399 e. The third-order valence-corrected chi connectivity index (χ3v) is 5.19. The molecule has 0 radical (unpaired) electrons. The predicted octanol–water partition coefficient (Wildman–Crippen LogP) is 7.04. The Morgan fingerprint density at radius 2 is 1.50 bits per heavy atom. The second-order valence-electron chi connectivity index (χ2n) is 6.17. The number of aryl methyl sites for hydroxylation is 3. The zero-order valence-corrected chi connectivity index (χ0v) is 15.7. The summed E-state index contributed by atoms with van der Waals surface area (Å²) in [5.41, 5.74) is 4.86. The van der Waals surface area contributed by atoms with Gasteiger partial charge in [0.25, 0.3) is 0 Å². The normalized spacial score (nSPS) is 13.5. The van der Waals surface area contributed by atoms with Gasteiger partial charge in [-0.25, -0.2) is 0 Å². The molecule has 0 aromatic heterocycles. The van der Waals surface area contributed by atoms with E-state index < -0.39 is 12.1 Å². The maximum Gasteiger partial charge on any atom is 0.399 e. The minimum atomic E-state index is -4.33. The van der Waals surface area contributed by atoms with Crippen LogP contribution >= 0.6 is 15.9 Å². The number of halogens is 4. The lowest BCUT2D eigenvalue weighted by Crippen LogP contribution is -2.19. The summed E-state index contributed by atoms with van der Waals surface area (Å²) >= 11 is 3.41. The van der Waals surface area contributed by atoms with Crippen LogP contribution in [0.1, 0.15) is 39.3 Å². The van der Waals surface area contributed by atoms with Crippen LogP contribution in [0.2, 0.25) is 0 Å². The van der Waals surface area contributed by atoms with Gasteiger partial charge in [0.2, 0.25) is 0 Å². The number of allylic oxidation sites excluding steroid dienone is 1. The summed E-state index contributed by atoms with van der Waals surface area (Å²) in [6.45, 7) is 7.56. The first-order valence-electron chi connectivity index (χ1n) is 7.68. The highest BCUT2D eigenvalue weighted by Gasteiger charge is 2.39. The van der Waals surface area contributed by atoms with Crippen LogP contribution in [0.3, 0.4) is 0 Å². The Hall–Kier alpha value is -1.55. The molecule has 24 heavy (non-hydrogen) atoms. The lowest BCUT2D eigenvalue weighted by Gasteiger charge is -2.19. The van der Waals surface area contributed by atoms with Gasteiger partial charge in [0, 0.05) is 4.47 Å². The molecule has 1 atom stereocenters. The zero-order chi connectivity index (χ0) is 18.1. The topological polar surface area (TPSA) is 0 Å². The molecule has 2 rings (SSSR count). The summed E-state index contributed by atoms with van der Waals surface area (Å²) < 4.78 is 41.6. The van der Waals surface area contributed by atoms with E-state index in [1.807, 2.05) is 45.9 Å². The maximum absolute atomic E-state index is 13.6. The first-order chi connectivity index (χ1) is 11.1. The van der Waals surface area contributed by atoms with Gasteiger partial charge in [-0.3, -0.25) is 0 Å². The smallest absolute Gasteiger partial charge is 0.170 e. The summed E-state index contributed by atoms with van der Waals surface area (Å²) in [5.74, 6) is -1.62. The highest BCUT2D eigenvalue weighted by atomic mass is 79.9. The van der Waals surface area contributed by atoms with Gasteiger partial charge in [0.1, 0.15) is 0 Å². The van der Waals surface area contributed by atoms with E-state index in [2.05, 4.69) is 15.9 Å². The van der Waals surface area contributed by atoms with Gasteiger partial charge < -0.3 is 0 Å². The van der Waals surface area contributed by atoms with E-state index in [1.54, 1.807) is 12.1 Å². The standard InChI is InChI=1S/C20H20BrF3/c1-12-5-6-16(11-19(12)21)7-8-18(20(22,23)24)17-9-13(2)15(4)14(3)10-17/h5-11,18H,1-4H3/b8-7+. The monoisotopic (exact) mass is 396 g/mol. The van der Waals surface area contributed by atoms with Crippen molar-refractivity contribution in [3.63, 3.8) is 0 Å². The highest BCUT2D eigenvalue weighted by molar-refractivity contribution is 9.10. The molecular weight excluding hydrogens is 377 g/mol. The minimum absolute atomic E-state index is 0.283. The molecule has 0 saturated heterocycles. The molecule has 1 unspecified atom stereocenters. The molecule has 0 bridgehead atoms. The Balaban J connectivity index is 2.43. The lowest BCUT2D eigenvalue weighted by atomic mass is 9.91. The fourth-order valence-corrected chi connectivity index (χ4v) is 2.97. The van der Waals surface area contributed by atoms with Gasteiger partial charge >= 0.3 is 6.18 Å². The molecule has 2 aromatic rings. The molecule has 0 spiro atoms. The first-order valence-corrected chi connectivity index (χ1v) is 8.47. The highest BCUT2D eigenvalue weighted by Crippen LogP contribution is 2.37. The van der Waals surface area contributed by atoms with Crippen molar-refractivity contribution in [2.24, 2.45) is 0 Å². The predicted molar refractivity (Wildman–Crippen MR) is 97.4 cm³/mol. The maximum atomic E-state index is 13.6. The second kappa shape index (κ2) is 7.14. The van der Waals surface area contributed by atoms with Crippen molar-refractivity contribution in [1.82, 2.24) is 0 Å². The fourth-order valence-electron chi connectivity index (χ4n) is 2.58. The van der Waals surface area contributed by atoms with Crippen LogP contribution in [0.5, 0.6) is 0 Å². The Labute approximate surface area is 149 Å². The van der Waals surface area contributed by atoms with Gasteiger partial charge in [-0.1, -0.05) is 52.3 Å². The van der Waals surface area contributed by atoms with Gasteiger partial charge in [-0.05, 0) is 67.1 Å². The van der Waals surface area contributed by atoms with E-state index in [-0.39, 0.29) is 5.56 Å². The van der Waals surface area contributed by atoms with Crippen molar-refractivity contribution in [3.05, 3.63) is 74.3 Å². The summed E-state index contributed by atoms with van der Waals surface area (Å²) in [5, 5.41) is 0. The van der Waals surface area contributed by atoms with Crippen LogP contribution in [-0.2, 0) is 0 Å².